The summed E-state index contributed by atoms with van der Waals surface area (Å²) in [4.78, 5) is 29.5. The molecule has 2 aliphatic heterocycles. The number of nitrogens with zero attached hydrogens (tertiary/aromatic N) is 2. The zero-order chi connectivity index (χ0) is 30.1. The number of para-hydroxylation sites is 2. The largest absolute Gasteiger partial charge is 0.457 e. The zero-order valence-corrected chi connectivity index (χ0v) is 23.6. The van der Waals surface area contributed by atoms with E-state index < -0.39 is 29.7 Å². The Morgan fingerprint density at radius 2 is 1.50 bits per heavy atom. The number of aliphatic hydroxyl groups is 1. The van der Waals surface area contributed by atoms with Gasteiger partial charge in [-0.15, -0.1) is 0 Å². The molecule has 1 fully saturated rings. The topological polar surface area (TPSA) is 112 Å². The Balaban J connectivity index is 1.14. The van der Waals surface area contributed by atoms with Crippen molar-refractivity contribution in [3.8, 4) is 11.5 Å². The van der Waals surface area contributed by atoms with Crippen LogP contribution in [0.1, 0.15) is 39.7 Å². The fourth-order valence-corrected chi connectivity index (χ4v) is 5.90. The highest BCUT2D eigenvalue weighted by atomic mass is 16.6. The number of hydrogen-bond acceptors (Lipinski definition) is 7. The van der Waals surface area contributed by atoms with Crippen molar-refractivity contribution in [1.82, 2.24) is 9.55 Å². The third-order valence-corrected chi connectivity index (χ3v) is 8.02. The van der Waals surface area contributed by atoms with E-state index in [0.717, 1.165) is 16.7 Å². The Hall–Kier alpha value is -5.09. The second-order valence-corrected chi connectivity index (χ2v) is 10.7. The fourth-order valence-electron chi connectivity index (χ4n) is 5.90. The molecule has 5 aromatic rings. The van der Waals surface area contributed by atoms with E-state index in [2.05, 4.69) is 10.3 Å². The number of carbonyl (C=O) groups is 1. The standard InChI is InChI=1S/C35H29N3O6/c39-27-21-32(38-20-19-31(37-34(38)41)36-33(40)23-11-3-1-4-12-23)44-30(27)22-42-35(24-13-5-2-6-14-24)25-15-7-9-17-28(25)43-29-18-10-8-16-26(29)35/h1-20,27,30,32,39H,21-22H2,(H,36,37,40,41)/t27?,30-,32-/m1/s1. The Morgan fingerprint density at radius 1 is 0.886 bits per heavy atom. The van der Waals surface area contributed by atoms with Gasteiger partial charge < -0.3 is 24.6 Å². The number of benzene rings is 4. The summed E-state index contributed by atoms with van der Waals surface area (Å²) in [6, 6.07) is 35.6. The lowest BCUT2D eigenvalue weighted by atomic mass is 9.77. The lowest BCUT2D eigenvalue weighted by Crippen LogP contribution is -2.39. The van der Waals surface area contributed by atoms with E-state index in [1.165, 1.54) is 16.8 Å². The summed E-state index contributed by atoms with van der Waals surface area (Å²) in [7, 11) is 0. The number of hydrogen-bond donors (Lipinski definition) is 2. The maximum absolute atomic E-state index is 13.0. The van der Waals surface area contributed by atoms with Gasteiger partial charge in [-0.05, 0) is 35.9 Å². The number of ether oxygens (including phenoxy) is 3. The van der Waals surface area contributed by atoms with Crippen molar-refractivity contribution in [3.05, 3.63) is 154 Å². The van der Waals surface area contributed by atoms with Crippen LogP contribution in [0.3, 0.4) is 0 Å². The van der Waals surface area contributed by atoms with E-state index in [-0.39, 0.29) is 24.8 Å². The van der Waals surface area contributed by atoms with Gasteiger partial charge in [-0.2, -0.15) is 4.98 Å². The van der Waals surface area contributed by atoms with Crippen molar-refractivity contribution in [2.24, 2.45) is 0 Å². The van der Waals surface area contributed by atoms with Gasteiger partial charge in [0.05, 0.1) is 12.7 Å². The first-order valence-corrected chi connectivity index (χ1v) is 14.4. The molecule has 0 aliphatic carbocycles. The monoisotopic (exact) mass is 587 g/mol. The van der Waals surface area contributed by atoms with Crippen LogP contribution in [-0.4, -0.2) is 39.4 Å². The van der Waals surface area contributed by atoms with Gasteiger partial charge >= 0.3 is 5.69 Å². The molecule has 9 heteroatoms. The van der Waals surface area contributed by atoms with Gasteiger partial charge in [0.25, 0.3) is 5.91 Å². The summed E-state index contributed by atoms with van der Waals surface area (Å²) in [5.41, 5.74) is 1.38. The molecule has 2 aliphatic rings. The van der Waals surface area contributed by atoms with Crippen LogP contribution >= 0.6 is 0 Å². The van der Waals surface area contributed by atoms with Crippen molar-refractivity contribution in [1.29, 1.82) is 0 Å². The molecule has 1 aromatic heterocycles. The van der Waals surface area contributed by atoms with Crippen molar-refractivity contribution in [2.75, 3.05) is 11.9 Å². The molecule has 0 radical (unpaired) electrons. The van der Waals surface area contributed by atoms with Crippen LogP contribution in [-0.2, 0) is 15.1 Å². The summed E-state index contributed by atoms with van der Waals surface area (Å²) >= 11 is 0. The maximum atomic E-state index is 13.0. The second-order valence-electron chi connectivity index (χ2n) is 10.7. The molecule has 9 nitrogen and oxygen atoms in total. The summed E-state index contributed by atoms with van der Waals surface area (Å²) in [6.45, 7) is 0.0304. The van der Waals surface area contributed by atoms with Gasteiger partial charge in [-0.1, -0.05) is 84.9 Å². The molecule has 0 spiro atoms. The summed E-state index contributed by atoms with van der Waals surface area (Å²) in [5.74, 6) is 1.11. The smallest absolute Gasteiger partial charge is 0.351 e. The first kappa shape index (κ1) is 27.7. The third-order valence-electron chi connectivity index (χ3n) is 8.02. The number of nitrogens with one attached hydrogen (secondary N) is 1. The molecule has 3 atom stereocenters. The number of fused-ring (bicyclic) bond motifs is 2. The molecular weight excluding hydrogens is 558 g/mol. The zero-order valence-electron chi connectivity index (χ0n) is 23.6. The fraction of sp³-hybridized carbons (Fsp3) is 0.171. The quantitative estimate of drug-likeness (QED) is 0.267. The van der Waals surface area contributed by atoms with Crippen molar-refractivity contribution < 1.29 is 24.1 Å². The van der Waals surface area contributed by atoms with Crippen LogP contribution in [0.5, 0.6) is 11.5 Å². The lowest BCUT2D eigenvalue weighted by Gasteiger charge is -2.41. The van der Waals surface area contributed by atoms with E-state index >= 15 is 0 Å². The predicted octanol–water partition coefficient (Wildman–Crippen LogP) is 5.26. The highest BCUT2D eigenvalue weighted by molar-refractivity contribution is 6.03. The number of carbonyl (C=O) groups excluding carboxylic acids is 1. The average molecular weight is 588 g/mol. The van der Waals surface area contributed by atoms with E-state index in [0.29, 0.717) is 17.1 Å². The molecule has 0 saturated carbocycles. The predicted molar refractivity (Wildman–Crippen MR) is 163 cm³/mol. The van der Waals surface area contributed by atoms with Gasteiger partial charge in [-0.3, -0.25) is 9.36 Å². The van der Waals surface area contributed by atoms with Gasteiger partial charge in [0.15, 0.2) is 5.60 Å². The van der Waals surface area contributed by atoms with Gasteiger partial charge in [-0.25, -0.2) is 4.79 Å². The van der Waals surface area contributed by atoms with Gasteiger partial charge in [0, 0.05) is 29.3 Å². The Kier molecular flexibility index (Phi) is 7.27. The summed E-state index contributed by atoms with van der Waals surface area (Å²) in [5, 5.41) is 13.7. The van der Waals surface area contributed by atoms with E-state index in [1.807, 2.05) is 84.9 Å². The van der Waals surface area contributed by atoms with Crippen LogP contribution in [0.4, 0.5) is 5.82 Å². The molecule has 7 rings (SSSR count). The van der Waals surface area contributed by atoms with E-state index in [9.17, 15) is 14.7 Å². The molecule has 4 aromatic carbocycles. The van der Waals surface area contributed by atoms with Crippen molar-refractivity contribution >= 4 is 11.7 Å². The minimum atomic E-state index is -1.04. The number of anilines is 1. The molecule has 44 heavy (non-hydrogen) atoms. The van der Waals surface area contributed by atoms with Crippen LogP contribution in [0.25, 0.3) is 0 Å². The third kappa shape index (κ3) is 4.97. The van der Waals surface area contributed by atoms with Gasteiger partial charge in [0.2, 0.25) is 0 Å². The molecule has 1 unspecified atom stereocenters. The van der Waals surface area contributed by atoms with Crippen molar-refractivity contribution in [3.63, 3.8) is 0 Å². The summed E-state index contributed by atoms with van der Waals surface area (Å²) < 4.78 is 20.7. The number of amides is 1. The summed E-state index contributed by atoms with van der Waals surface area (Å²) in [6.07, 6.45) is -0.721. The first-order chi connectivity index (χ1) is 21.5. The highest BCUT2D eigenvalue weighted by Crippen LogP contribution is 2.52. The molecule has 0 bridgehead atoms. The SMILES string of the molecule is O=C(Nc1ccn([C@H]2CC(O)[C@@H](COC3(c4ccccc4)c4ccccc4Oc4ccccc43)O2)c(=O)n1)c1ccccc1. The van der Waals surface area contributed by atoms with Crippen LogP contribution in [0.2, 0.25) is 0 Å². The number of aliphatic hydroxyl groups excluding tert-OH is 1. The van der Waals surface area contributed by atoms with Crippen LogP contribution in [0, 0.1) is 0 Å². The van der Waals surface area contributed by atoms with E-state index in [1.54, 1.807) is 24.3 Å². The van der Waals surface area contributed by atoms with Crippen LogP contribution < -0.4 is 15.7 Å². The number of aromatic nitrogens is 2. The van der Waals surface area contributed by atoms with E-state index in [4.69, 9.17) is 14.2 Å². The Labute approximate surface area is 253 Å². The highest BCUT2D eigenvalue weighted by Gasteiger charge is 2.46. The molecular formula is C35H29N3O6. The molecule has 1 saturated heterocycles. The van der Waals surface area contributed by atoms with Crippen LogP contribution in [0.15, 0.2) is 126 Å². The number of rotatable bonds is 7. The molecule has 3 heterocycles. The minimum Gasteiger partial charge on any atom is -0.457 e. The Bertz CT molecular complexity index is 1810. The second kappa shape index (κ2) is 11.5. The lowest BCUT2D eigenvalue weighted by molar-refractivity contribution is -0.0960. The minimum absolute atomic E-state index is 0.0304. The maximum Gasteiger partial charge on any atom is 0.351 e. The molecule has 2 N–H and O–H groups in total. The first-order valence-electron chi connectivity index (χ1n) is 14.4. The normalized spacial score (nSPS) is 19.8. The van der Waals surface area contributed by atoms with Crippen molar-refractivity contribution in [2.45, 2.75) is 30.5 Å². The van der Waals surface area contributed by atoms with Gasteiger partial charge in [0.1, 0.15) is 29.6 Å². The molecule has 1 amide bonds. The Morgan fingerprint density at radius 3 is 2.16 bits per heavy atom. The average Bonchev–Trinajstić information content (AvgIpc) is 3.43. The molecule has 220 valence electrons.